The molecular formula is C13H18N6O3. The number of aliphatic hydroxyl groups excluding tert-OH is 2. The van der Waals surface area contributed by atoms with Gasteiger partial charge in [0.1, 0.15) is 30.5 Å². The quantitative estimate of drug-likeness (QED) is 0.557. The Morgan fingerprint density at radius 3 is 2.68 bits per heavy atom. The summed E-state index contributed by atoms with van der Waals surface area (Å²) in [6.07, 6.45) is -0.219. The number of rotatable bonds is 3. The van der Waals surface area contributed by atoms with Crippen molar-refractivity contribution in [3.63, 3.8) is 0 Å². The van der Waals surface area contributed by atoms with E-state index in [1.807, 2.05) is 0 Å². The van der Waals surface area contributed by atoms with Gasteiger partial charge in [-0.3, -0.25) is 0 Å². The summed E-state index contributed by atoms with van der Waals surface area (Å²) in [5.74, 6) is 0.701. The average molecular weight is 306 g/mol. The Bertz CT molecular complexity index is 715. The summed E-state index contributed by atoms with van der Waals surface area (Å²) < 4.78 is 7.15. The molecule has 2 fully saturated rings. The van der Waals surface area contributed by atoms with Crippen molar-refractivity contribution in [2.75, 3.05) is 12.3 Å². The van der Waals surface area contributed by atoms with E-state index >= 15 is 0 Å². The SMILES string of the molecule is NC[C@H]1O[C@@H](n2nc(C3CC3)c3c(N)ncnc32)[C@H](O)[C@@H]1O. The van der Waals surface area contributed by atoms with Crippen LogP contribution in [-0.4, -0.2) is 54.8 Å². The summed E-state index contributed by atoms with van der Waals surface area (Å²) >= 11 is 0. The van der Waals surface area contributed by atoms with Crippen molar-refractivity contribution in [2.24, 2.45) is 5.73 Å². The van der Waals surface area contributed by atoms with Crippen molar-refractivity contribution in [1.29, 1.82) is 0 Å². The lowest BCUT2D eigenvalue weighted by Gasteiger charge is -2.15. The molecule has 0 spiro atoms. The average Bonchev–Trinajstić information content (AvgIpc) is 3.23. The van der Waals surface area contributed by atoms with Gasteiger partial charge in [0.2, 0.25) is 0 Å². The zero-order chi connectivity index (χ0) is 15.4. The Balaban J connectivity index is 1.84. The zero-order valence-corrected chi connectivity index (χ0v) is 11.8. The Hall–Kier alpha value is -1.81. The largest absolute Gasteiger partial charge is 0.387 e. The number of fused-ring (bicyclic) bond motifs is 1. The molecular weight excluding hydrogens is 288 g/mol. The first-order chi connectivity index (χ1) is 10.6. The van der Waals surface area contributed by atoms with Crippen LogP contribution in [0.5, 0.6) is 0 Å². The maximum Gasteiger partial charge on any atom is 0.181 e. The first-order valence-electron chi connectivity index (χ1n) is 7.32. The molecule has 0 unspecified atom stereocenters. The van der Waals surface area contributed by atoms with Gasteiger partial charge in [0.15, 0.2) is 11.9 Å². The van der Waals surface area contributed by atoms with Gasteiger partial charge in [-0.2, -0.15) is 5.10 Å². The molecule has 1 saturated heterocycles. The van der Waals surface area contributed by atoms with Crippen molar-refractivity contribution >= 4 is 16.9 Å². The van der Waals surface area contributed by atoms with E-state index < -0.39 is 24.5 Å². The molecule has 2 aromatic heterocycles. The summed E-state index contributed by atoms with van der Waals surface area (Å²) in [6.45, 7) is 0.112. The zero-order valence-electron chi connectivity index (χ0n) is 11.8. The second kappa shape index (κ2) is 4.85. The normalized spacial score (nSPS) is 32.0. The van der Waals surface area contributed by atoms with Crippen LogP contribution in [0.2, 0.25) is 0 Å². The lowest BCUT2D eigenvalue weighted by atomic mass is 10.1. The summed E-state index contributed by atoms with van der Waals surface area (Å²) in [6, 6.07) is 0. The number of nitrogens with two attached hydrogens (primary N) is 2. The molecule has 118 valence electrons. The number of hydrogen-bond donors (Lipinski definition) is 4. The standard InChI is InChI=1S/C13H18N6O3/c14-3-6-9(20)10(21)13(22-6)19-12-7(11(15)16-4-17-12)8(18-19)5-1-2-5/h4-6,9-10,13,20-21H,1-3,14H2,(H2,15,16,17)/t6-,9-,10-,13-/m1/s1. The Morgan fingerprint density at radius 2 is 2.05 bits per heavy atom. The Morgan fingerprint density at radius 1 is 1.27 bits per heavy atom. The lowest BCUT2D eigenvalue weighted by Crippen LogP contribution is -2.35. The van der Waals surface area contributed by atoms with E-state index in [2.05, 4.69) is 15.1 Å². The van der Waals surface area contributed by atoms with Crippen molar-refractivity contribution in [1.82, 2.24) is 19.7 Å². The molecule has 22 heavy (non-hydrogen) atoms. The fourth-order valence-corrected chi connectivity index (χ4v) is 2.97. The number of nitrogens with zero attached hydrogens (tertiary/aromatic N) is 4. The van der Waals surface area contributed by atoms with Crippen LogP contribution >= 0.6 is 0 Å². The van der Waals surface area contributed by atoms with E-state index in [0.29, 0.717) is 22.8 Å². The monoisotopic (exact) mass is 306 g/mol. The molecule has 1 aliphatic heterocycles. The third kappa shape index (κ3) is 1.90. The maximum atomic E-state index is 10.2. The Kier molecular flexibility index (Phi) is 3.05. The number of nitrogen functional groups attached to an aromatic ring is 1. The van der Waals surface area contributed by atoms with Gasteiger partial charge in [-0.15, -0.1) is 0 Å². The fraction of sp³-hybridized carbons (Fsp3) is 0.615. The van der Waals surface area contributed by atoms with Crippen LogP contribution in [0.1, 0.15) is 30.7 Å². The number of hydrogen-bond acceptors (Lipinski definition) is 8. The van der Waals surface area contributed by atoms with E-state index in [-0.39, 0.29) is 6.54 Å². The number of aliphatic hydroxyl groups is 2. The molecule has 0 aromatic carbocycles. The molecule has 4 rings (SSSR count). The second-order valence-corrected chi connectivity index (χ2v) is 5.84. The molecule has 2 aromatic rings. The third-order valence-electron chi connectivity index (χ3n) is 4.32. The number of ether oxygens (including phenoxy) is 1. The van der Waals surface area contributed by atoms with Crippen LogP contribution in [0.3, 0.4) is 0 Å². The first kappa shape index (κ1) is 13.8. The van der Waals surface area contributed by atoms with Crippen molar-refractivity contribution in [2.45, 2.75) is 43.3 Å². The summed E-state index contributed by atoms with van der Waals surface area (Å²) in [7, 11) is 0. The van der Waals surface area contributed by atoms with Crippen LogP contribution in [0.4, 0.5) is 5.82 Å². The van der Waals surface area contributed by atoms with E-state index in [0.717, 1.165) is 18.5 Å². The van der Waals surface area contributed by atoms with Gasteiger partial charge in [0.25, 0.3) is 0 Å². The van der Waals surface area contributed by atoms with Crippen molar-refractivity contribution in [3.05, 3.63) is 12.0 Å². The highest BCUT2D eigenvalue weighted by Crippen LogP contribution is 2.44. The van der Waals surface area contributed by atoms with Gasteiger partial charge < -0.3 is 26.4 Å². The second-order valence-electron chi connectivity index (χ2n) is 5.84. The van der Waals surface area contributed by atoms with Gasteiger partial charge in [-0.1, -0.05) is 0 Å². The highest BCUT2D eigenvalue weighted by Gasteiger charge is 2.45. The van der Waals surface area contributed by atoms with E-state index in [4.69, 9.17) is 16.2 Å². The van der Waals surface area contributed by atoms with Crippen LogP contribution in [0.15, 0.2) is 6.33 Å². The molecule has 3 heterocycles. The highest BCUT2D eigenvalue weighted by atomic mass is 16.6. The summed E-state index contributed by atoms with van der Waals surface area (Å²) in [5.41, 5.74) is 12.9. The predicted octanol–water partition coefficient (Wildman–Crippen LogP) is -1.14. The van der Waals surface area contributed by atoms with E-state index in [9.17, 15) is 10.2 Å². The van der Waals surface area contributed by atoms with Crippen molar-refractivity contribution < 1.29 is 14.9 Å². The predicted molar refractivity (Wildman–Crippen MR) is 76.7 cm³/mol. The fourth-order valence-electron chi connectivity index (χ4n) is 2.97. The van der Waals surface area contributed by atoms with Crippen molar-refractivity contribution in [3.8, 4) is 0 Å². The van der Waals surface area contributed by atoms with Gasteiger partial charge in [-0.05, 0) is 12.8 Å². The summed E-state index contributed by atoms with van der Waals surface area (Å²) in [5, 5.41) is 25.5. The topological polar surface area (TPSA) is 145 Å². The number of anilines is 1. The Labute approximate surface area is 125 Å². The maximum absolute atomic E-state index is 10.2. The summed E-state index contributed by atoms with van der Waals surface area (Å²) in [4.78, 5) is 8.26. The highest BCUT2D eigenvalue weighted by molar-refractivity contribution is 5.89. The molecule has 9 heteroatoms. The smallest absolute Gasteiger partial charge is 0.181 e. The molecule has 1 saturated carbocycles. The third-order valence-corrected chi connectivity index (χ3v) is 4.32. The van der Waals surface area contributed by atoms with E-state index in [1.165, 1.54) is 11.0 Å². The van der Waals surface area contributed by atoms with Crippen LogP contribution in [0, 0.1) is 0 Å². The minimum absolute atomic E-state index is 0.112. The molecule has 6 N–H and O–H groups in total. The molecule has 9 nitrogen and oxygen atoms in total. The molecule has 0 amide bonds. The number of aromatic nitrogens is 4. The molecule has 0 bridgehead atoms. The van der Waals surface area contributed by atoms with Crippen LogP contribution in [0.25, 0.3) is 11.0 Å². The first-order valence-corrected chi connectivity index (χ1v) is 7.32. The van der Waals surface area contributed by atoms with Gasteiger partial charge in [0, 0.05) is 12.5 Å². The van der Waals surface area contributed by atoms with Gasteiger partial charge >= 0.3 is 0 Å². The molecule has 1 aliphatic carbocycles. The molecule has 2 aliphatic rings. The molecule has 0 radical (unpaired) electrons. The minimum Gasteiger partial charge on any atom is -0.387 e. The van der Waals surface area contributed by atoms with Gasteiger partial charge in [0.05, 0.1) is 11.1 Å². The lowest BCUT2D eigenvalue weighted by molar-refractivity contribution is -0.0395. The van der Waals surface area contributed by atoms with Gasteiger partial charge in [-0.25, -0.2) is 14.6 Å². The van der Waals surface area contributed by atoms with E-state index in [1.54, 1.807) is 0 Å². The van der Waals surface area contributed by atoms with Crippen LogP contribution in [-0.2, 0) is 4.74 Å². The molecule has 4 atom stereocenters. The minimum atomic E-state index is -1.13. The van der Waals surface area contributed by atoms with Crippen LogP contribution < -0.4 is 11.5 Å².